The molecule has 1 fully saturated rings. The molecule has 1 atom stereocenters. The van der Waals surface area contributed by atoms with Crippen molar-refractivity contribution < 1.29 is 9.47 Å². The Morgan fingerprint density at radius 2 is 2.28 bits per heavy atom. The van der Waals surface area contributed by atoms with Crippen molar-refractivity contribution in [3.63, 3.8) is 0 Å². The van der Waals surface area contributed by atoms with Crippen LogP contribution in [0.5, 0.6) is 5.75 Å². The first-order valence-electron chi connectivity index (χ1n) is 6.39. The van der Waals surface area contributed by atoms with Crippen LogP contribution in [0.1, 0.15) is 31.2 Å². The van der Waals surface area contributed by atoms with E-state index in [2.05, 4.69) is 0 Å². The Morgan fingerprint density at radius 3 is 3.00 bits per heavy atom. The molecule has 0 spiro atoms. The quantitative estimate of drug-likeness (QED) is 0.570. The van der Waals surface area contributed by atoms with Crippen LogP contribution in [0.15, 0.2) is 18.2 Å². The van der Waals surface area contributed by atoms with Crippen LogP contribution in [0.25, 0.3) is 0 Å². The predicted octanol–water partition coefficient (Wildman–Crippen LogP) is 4.42. The summed E-state index contributed by atoms with van der Waals surface area (Å²) in [6.45, 7) is 1.60. The van der Waals surface area contributed by atoms with Gasteiger partial charge in [0.25, 0.3) is 0 Å². The molecule has 1 aliphatic rings. The van der Waals surface area contributed by atoms with Crippen LogP contribution >= 0.6 is 23.2 Å². The third-order valence-electron chi connectivity index (χ3n) is 3.16. The summed E-state index contributed by atoms with van der Waals surface area (Å²) in [5, 5.41) is 0.668. The van der Waals surface area contributed by atoms with Crippen LogP contribution in [0, 0.1) is 0 Å². The maximum absolute atomic E-state index is 6.06. The third kappa shape index (κ3) is 3.78. The summed E-state index contributed by atoms with van der Waals surface area (Å²) in [6.07, 6.45) is 4.87. The fraction of sp³-hybridized carbons (Fsp3) is 0.571. The molecule has 0 bridgehead atoms. The Kier molecular flexibility index (Phi) is 5.61. The summed E-state index contributed by atoms with van der Waals surface area (Å²) in [5.74, 6) is 1.17. The van der Waals surface area contributed by atoms with Gasteiger partial charge in [-0.15, -0.1) is 11.6 Å². The van der Waals surface area contributed by atoms with E-state index in [9.17, 15) is 0 Å². The van der Waals surface area contributed by atoms with Gasteiger partial charge in [0.1, 0.15) is 5.75 Å². The molecule has 1 aliphatic heterocycles. The maximum atomic E-state index is 6.06. The minimum Gasteiger partial charge on any atom is -0.493 e. The SMILES string of the molecule is ClCc1c(Cl)cccc1OCCCC1CCCO1. The molecule has 2 rings (SSSR count). The Bertz CT molecular complexity index is 376. The van der Waals surface area contributed by atoms with Crippen LogP contribution in [-0.2, 0) is 10.6 Å². The zero-order valence-corrected chi connectivity index (χ0v) is 11.8. The molecular weight excluding hydrogens is 271 g/mol. The van der Waals surface area contributed by atoms with Crippen LogP contribution in [0.3, 0.4) is 0 Å². The number of hydrogen-bond acceptors (Lipinski definition) is 2. The highest BCUT2D eigenvalue weighted by molar-refractivity contribution is 6.32. The number of ether oxygens (including phenoxy) is 2. The van der Waals surface area contributed by atoms with Gasteiger partial charge in [0.2, 0.25) is 0 Å². The molecule has 0 saturated carbocycles. The highest BCUT2D eigenvalue weighted by Gasteiger charge is 2.14. The molecule has 0 amide bonds. The number of alkyl halides is 1. The number of rotatable bonds is 6. The highest BCUT2D eigenvalue weighted by Crippen LogP contribution is 2.28. The standard InChI is InChI=1S/C14H18Cl2O2/c15-10-12-13(16)6-1-7-14(12)18-9-3-5-11-4-2-8-17-11/h1,6-7,11H,2-5,8-10H2. The van der Waals surface area contributed by atoms with E-state index in [1.54, 1.807) is 0 Å². The molecule has 18 heavy (non-hydrogen) atoms. The minimum absolute atomic E-state index is 0.376. The van der Waals surface area contributed by atoms with Gasteiger partial charge < -0.3 is 9.47 Å². The highest BCUT2D eigenvalue weighted by atomic mass is 35.5. The summed E-state index contributed by atoms with van der Waals surface area (Å²) >= 11 is 11.9. The van der Waals surface area contributed by atoms with Crippen LogP contribution in [0.2, 0.25) is 5.02 Å². The Balaban J connectivity index is 1.77. The lowest BCUT2D eigenvalue weighted by Gasteiger charge is -2.12. The Labute approximate surface area is 118 Å². The van der Waals surface area contributed by atoms with Crippen molar-refractivity contribution >= 4 is 23.2 Å². The molecule has 4 heteroatoms. The third-order valence-corrected chi connectivity index (χ3v) is 3.78. The summed E-state index contributed by atoms with van der Waals surface area (Å²) in [7, 11) is 0. The van der Waals surface area contributed by atoms with Crippen LogP contribution < -0.4 is 4.74 Å². The molecule has 0 aliphatic carbocycles. The largest absolute Gasteiger partial charge is 0.493 e. The zero-order valence-electron chi connectivity index (χ0n) is 10.3. The molecule has 1 saturated heterocycles. The second kappa shape index (κ2) is 7.22. The van der Waals surface area contributed by atoms with Crippen molar-refractivity contribution in [1.29, 1.82) is 0 Å². The topological polar surface area (TPSA) is 18.5 Å². The first-order chi connectivity index (χ1) is 8.81. The fourth-order valence-electron chi connectivity index (χ4n) is 2.17. The van der Waals surface area contributed by atoms with E-state index in [1.165, 1.54) is 12.8 Å². The maximum Gasteiger partial charge on any atom is 0.125 e. The van der Waals surface area contributed by atoms with E-state index in [0.29, 0.717) is 23.6 Å². The number of benzene rings is 1. The minimum atomic E-state index is 0.376. The van der Waals surface area contributed by atoms with Crippen molar-refractivity contribution in [3.05, 3.63) is 28.8 Å². The van der Waals surface area contributed by atoms with Crippen molar-refractivity contribution in [2.24, 2.45) is 0 Å². The number of halogens is 2. The lowest BCUT2D eigenvalue weighted by molar-refractivity contribution is 0.0981. The second-order valence-corrected chi connectivity index (χ2v) is 5.15. The average Bonchev–Trinajstić information content (AvgIpc) is 2.88. The predicted molar refractivity (Wildman–Crippen MR) is 74.7 cm³/mol. The van der Waals surface area contributed by atoms with Gasteiger partial charge in [-0.2, -0.15) is 0 Å². The molecule has 0 N–H and O–H groups in total. The van der Waals surface area contributed by atoms with Gasteiger partial charge in [0.15, 0.2) is 0 Å². The van der Waals surface area contributed by atoms with Gasteiger partial charge in [0, 0.05) is 17.2 Å². The fourth-order valence-corrected chi connectivity index (χ4v) is 2.75. The molecule has 1 heterocycles. The molecule has 1 aromatic carbocycles. The molecule has 0 aromatic heterocycles. The Hall–Kier alpha value is -0.440. The second-order valence-electron chi connectivity index (χ2n) is 4.48. The normalized spacial score (nSPS) is 19.1. The van der Waals surface area contributed by atoms with Crippen molar-refractivity contribution in [2.45, 2.75) is 37.7 Å². The van der Waals surface area contributed by atoms with Crippen LogP contribution in [0.4, 0.5) is 0 Å². The first kappa shape index (κ1) is 14.0. The summed E-state index contributed by atoms with van der Waals surface area (Å²) in [4.78, 5) is 0. The summed E-state index contributed by atoms with van der Waals surface area (Å²) in [6, 6.07) is 5.63. The molecular formula is C14H18Cl2O2. The summed E-state index contributed by atoms with van der Waals surface area (Å²) < 4.78 is 11.3. The van der Waals surface area contributed by atoms with Crippen molar-refractivity contribution in [3.8, 4) is 5.75 Å². The van der Waals surface area contributed by atoms with Gasteiger partial charge in [-0.05, 0) is 37.8 Å². The van der Waals surface area contributed by atoms with Gasteiger partial charge in [0.05, 0.1) is 18.6 Å². The van der Waals surface area contributed by atoms with E-state index >= 15 is 0 Å². The van der Waals surface area contributed by atoms with Gasteiger partial charge >= 0.3 is 0 Å². The lowest BCUT2D eigenvalue weighted by atomic mass is 10.1. The smallest absolute Gasteiger partial charge is 0.125 e. The summed E-state index contributed by atoms with van der Waals surface area (Å²) in [5.41, 5.74) is 0.873. The van der Waals surface area contributed by atoms with Gasteiger partial charge in [-0.25, -0.2) is 0 Å². The first-order valence-corrected chi connectivity index (χ1v) is 7.30. The lowest BCUT2D eigenvalue weighted by Crippen LogP contribution is -2.08. The number of hydrogen-bond donors (Lipinski definition) is 0. The van der Waals surface area contributed by atoms with E-state index in [1.807, 2.05) is 18.2 Å². The van der Waals surface area contributed by atoms with Crippen molar-refractivity contribution in [2.75, 3.05) is 13.2 Å². The van der Waals surface area contributed by atoms with Crippen LogP contribution in [-0.4, -0.2) is 19.3 Å². The monoisotopic (exact) mass is 288 g/mol. The van der Waals surface area contributed by atoms with E-state index < -0.39 is 0 Å². The van der Waals surface area contributed by atoms with E-state index in [0.717, 1.165) is 30.8 Å². The zero-order chi connectivity index (χ0) is 12.8. The molecule has 1 aromatic rings. The average molecular weight is 289 g/mol. The molecule has 100 valence electrons. The van der Waals surface area contributed by atoms with E-state index in [-0.39, 0.29) is 0 Å². The molecule has 1 unspecified atom stereocenters. The van der Waals surface area contributed by atoms with Gasteiger partial charge in [-0.1, -0.05) is 17.7 Å². The molecule has 2 nitrogen and oxygen atoms in total. The van der Waals surface area contributed by atoms with Crippen molar-refractivity contribution in [1.82, 2.24) is 0 Å². The van der Waals surface area contributed by atoms with Gasteiger partial charge in [-0.3, -0.25) is 0 Å². The molecule has 0 radical (unpaired) electrons. The van der Waals surface area contributed by atoms with E-state index in [4.69, 9.17) is 32.7 Å². The Morgan fingerprint density at radius 1 is 1.39 bits per heavy atom.